The Kier molecular flexibility index (Phi) is 5.63. The van der Waals surface area contributed by atoms with Gasteiger partial charge in [0, 0.05) is 12.8 Å². The van der Waals surface area contributed by atoms with Crippen LogP contribution in [0.3, 0.4) is 0 Å². The Labute approximate surface area is 126 Å². The van der Waals surface area contributed by atoms with Crippen molar-refractivity contribution < 1.29 is 8.42 Å². The summed E-state index contributed by atoms with van der Waals surface area (Å²) in [7, 11) is -3.26. The van der Waals surface area contributed by atoms with Gasteiger partial charge in [0.15, 0.2) is 9.84 Å². The van der Waals surface area contributed by atoms with E-state index in [-0.39, 0.29) is 0 Å². The molecule has 1 aromatic heterocycles. The highest BCUT2D eigenvalue weighted by atomic mass is 35.5. The number of halogens is 1. The van der Waals surface area contributed by atoms with Crippen molar-refractivity contribution in [2.45, 2.75) is 51.4 Å². The first-order chi connectivity index (χ1) is 9.16. The number of aryl methyl sites for hydroxylation is 1. The zero-order valence-corrected chi connectivity index (χ0v) is 14.3. The van der Waals surface area contributed by atoms with E-state index in [1.54, 1.807) is 24.7 Å². The highest BCUT2D eigenvalue weighted by molar-refractivity contribution is 7.92. The molecule has 20 heavy (non-hydrogen) atoms. The number of hydrogen-bond donors (Lipinski definition) is 1. The van der Waals surface area contributed by atoms with Gasteiger partial charge in [0.25, 0.3) is 0 Å². The van der Waals surface area contributed by atoms with Crippen LogP contribution in [0.2, 0.25) is 5.02 Å². The minimum absolute atomic E-state index is 0.399. The molecule has 0 fully saturated rings. The number of nitrogens with one attached hydrogen (secondary N) is 1. The summed E-state index contributed by atoms with van der Waals surface area (Å²) >= 11 is 6.25. The van der Waals surface area contributed by atoms with Crippen molar-refractivity contribution in [1.82, 2.24) is 15.1 Å². The molecule has 0 amide bonds. The third kappa shape index (κ3) is 3.35. The van der Waals surface area contributed by atoms with E-state index < -0.39 is 20.6 Å². The minimum Gasteiger partial charge on any atom is -0.308 e. The van der Waals surface area contributed by atoms with Gasteiger partial charge in [-0.2, -0.15) is 5.10 Å². The second-order valence-electron chi connectivity index (χ2n) is 5.47. The summed E-state index contributed by atoms with van der Waals surface area (Å²) in [5.41, 5.74) is 0.741. The molecule has 1 aromatic rings. The summed E-state index contributed by atoms with van der Waals surface area (Å²) in [6, 6.07) is -0.399. The van der Waals surface area contributed by atoms with Gasteiger partial charge in [-0.05, 0) is 26.8 Å². The van der Waals surface area contributed by atoms with Crippen molar-refractivity contribution >= 4 is 21.4 Å². The molecule has 1 heterocycles. The molecule has 0 bridgehead atoms. The second-order valence-corrected chi connectivity index (χ2v) is 8.47. The molecule has 1 atom stereocenters. The molecule has 1 unspecified atom stereocenters. The fourth-order valence-corrected chi connectivity index (χ4v) is 3.01. The highest BCUT2D eigenvalue weighted by Gasteiger charge is 2.42. The van der Waals surface area contributed by atoms with Crippen molar-refractivity contribution in [3.8, 4) is 0 Å². The van der Waals surface area contributed by atoms with E-state index in [0.29, 0.717) is 18.1 Å². The van der Waals surface area contributed by atoms with Crippen molar-refractivity contribution in [2.24, 2.45) is 0 Å². The lowest BCUT2D eigenvalue weighted by molar-refractivity contribution is 0.397. The Balaban J connectivity index is 3.38. The van der Waals surface area contributed by atoms with Gasteiger partial charge in [-0.15, -0.1) is 0 Å². The average molecular weight is 322 g/mol. The van der Waals surface area contributed by atoms with Gasteiger partial charge in [0.1, 0.15) is 0 Å². The predicted molar refractivity (Wildman–Crippen MR) is 82.9 cm³/mol. The molecule has 116 valence electrons. The molecule has 0 saturated heterocycles. The smallest absolute Gasteiger partial charge is 0.154 e. The largest absolute Gasteiger partial charge is 0.308 e. The molecular weight excluding hydrogens is 298 g/mol. The summed E-state index contributed by atoms with van der Waals surface area (Å²) in [6.45, 7) is 8.79. The number of nitrogens with zero attached hydrogens (tertiary/aromatic N) is 2. The van der Waals surface area contributed by atoms with Gasteiger partial charge in [0.05, 0.1) is 27.7 Å². The van der Waals surface area contributed by atoms with Gasteiger partial charge in [-0.25, -0.2) is 8.42 Å². The van der Waals surface area contributed by atoms with Crippen LogP contribution in [0.4, 0.5) is 0 Å². The van der Waals surface area contributed by atoms with Gasteiger partial charge in [-0.3, -0.25) is 4.68 Å². The fourth-order valence-electron chi connectivity index (χ4n) is 2.14. The van der Waals surface area contributed by atoms with Crippen LogP contribution in [-0.2, 0) is 16.4 Å². The first-order valence-electron chi connectivity index (χ1n) is 6.81. The Morgan fingerprint density at radius 2 is 2.05 bits per heavy atom. The van der Waals surface area contributed by atoms with Gasteiger partial charge < -0.3 is 5.32 Å². The van der Waals surface area contributed by atoms with Crippen LogP contribution in [-0.4, -0.2) is 35.7 Å². The second kappa shape index (κ2) is 6.45. The summed E-state index contributed by atoms with van der Waals surface area (Å²) in [5.74, 6) is 0. The lowest BCUT2D eigenvalue weighted by Gasteiger charge is -2.34. The normalized spacial score (nSPS) is 14.5. The van der Waals surface area contributed by atoms with Crippen LogP contribution < -0.4 is 5.32 Å². The van der Waals surface area contributed by atoms with Crippen LogP contribution >= 0.6 is 11.6 Å². The molecule has 0 aromatic carbocycles. The number of rotatable bonds is 7. The van der Waals surface area contributed by atoms with Gasteiger partial charge in [-0.1, -0.05) is 25.4 Å². The van der Waals surface area contributed by atoms with Crippen LogP contribution in [0.1, 0.15) is 45.9 Å². The van der Waals surface area contributed by atoms with E-state index in [2.05, 4.69) is 10.4 Å². The van der Waals surface area contributed by atoms with E-state index in [1.165, 1.54) is 6.26 Å². The summed E-state index contributed by atoms with van der Waals surface area (Å²) in [4.78, 5) is 0. The molecule has 0 aliphatic carbocycles. The van der Waals surface area contributed by atoms with Crippen molar-refractivity contribution in [2.75, 3.05) is 12.8 Å². The third-order valence-electron chi connectivity index (χ3n) is 3.60. The van der Waals surface area contributed by atoms with Gasteiger partial charge >= 0.3 is 0 Å². The maximum absolute atomic E-state index is 12.1. The highest BCUT2D eigenvalue weighted by Crippen LogP contribution is 2.35. The van der Waals surface area contributed by atoms with E-state index in [0.717, 1.165) is 12.1 Å². The van der Waals surface area contributed by atoms with Gasteiger partial charge in [0.2, 0.25) is 0 Å². The molecule has 1 rings (SSSR count). The lowest BCUT2D eigenvalue weighted by atomic mass is 9.99. The molecule has 0 radical (unpaired) electrons. The van der Waals surface area contributed by atoms with Crippen molar-refractivity contribution in [3.63, 3.8) is 0 Å². The summed E-state index contributed by atoms with van der Waals surface area (Å²) in [6.07, 6.45) is 3.74. The van der Waals surface area contributed by atoms with Crippen LogP contribution in [0.5, 0.6) is 0 Å². The third-order valence-corrected chi connectivity index (χ3v) is 6.04. The Morgan fingerprint density at radius 3 is 2.50 bits per heavy atom. The topological polar surface area (TPSA) is 64.0 Å². The van der Waals surface area contributed by atoms with E-state index in [4.69, 9.17) is 11.6 Å². The Hall–Kier alpha value is -0.590. The first-order valence-corrected chi connectivity index (χ1v) is 9.07. The Bertz CT molecular complexity index is 552. The summed E-state index contributed by atoms with van der Waals surface area (Å²) < 4.78 is 25.1. The van der Waals surface area contributed by atoms with Crippen LogP contribution in [0.25, 0.3) is 0 Å². The maximum atomic E-state index is 12.1. The standard InChI is InChI=1S/C13H24ClN3O2S/c1-6-8-17-11(10(14)9-16-17)12(15-7-2)13(3,4)20(5,18)19/h9,12,15H,6-8H2,1-5H3. The first kappa shape index (κ1) is 17.5. The predicted octanol–water partition coefficient (Wildman–Crippen LogP) is 2.42. The van der Waals surface area contributed by atoms with E-state index >= 15 is 0 Å². The SMILES string of the molecule is CCCn1ncc(Cl)c1C(NCC)C(C)(C)S(C)(=O)=O. The zero-order chi connectivity index (χ0) is 15.6. The molecule has 0 spiro atoms. The summed E-state index contributed by atoms with van der Waals surface area (Å²) in [5, 5.41) is 8.00. The molecule has 0 aliphatic heterocycles. The Morgan fingerprint density at radius 1 is 1.45 bits per heavy atom. The molecule has 7 heteroatoms. The minimum atomic E-state index is -3.26. The molecule has 0 saturated carbocycles. The van der Waals surface area contributed by atoms with Crippen molar-refractivity contribution in [1.29, 1.82) is 0 Å². The number of sulfone groups is 1. The fraction of sp³-hybridized carbons (Fsp3) is 0.769. The van der Waals surface area contributed by atoms with E-state index in [1.807, 2.05) is 13.8 Å². The van der Waals surface area contributed by atoms with Crippen LogP contribution in [0.15, 0.2) is 6.20 Å². The number of aromatic nitrogens is 2. The van der Waals surface area contributed by atoms with Crippen LogP contribution in [0, 0.1) is 0 Å². The monoisotopic (exact) mass is 321 g/mol. The lowest BCUT2D eigenvalue weighted by Crippen LogP contribution is -2.46. The number of hydrogen-bond acceptors (Lipinski definition) is 4. The van der Waals surface area contributed by atoms with E-state index in [9.17, 15) is 8.42 Å². The molecule has 1 N–H and O–H groups in total. The quantitative estimate of drug-likeness (QED) is 0.837. The molecule has 0 aliphatic rings. The zero-order valence-electron chi connectivity index (χ0n) is 12.8. The van der Waals surface area contributed by atoms with Crippen molar-refractivity contribution in [3.05, 3.63) is 16.9 Å². The maximum Gasteiger partial charge on any atom is 0.154 e. The average Bonchev–Trinajstić information content (AvgIpc) is 2.67. The molecular formula is C13H24ClN3O2S. The molecule has 5 nitrogen and oxygen atoms in total.